The lowest BCUT2D eigenvalue weighted by Crippen LogP contribution is -1.89. The normalized spacial score (nSPS) is 10.8. The van der Waals surface area contributed by atoms with Crippen molar-refractivity contribution in [2.24, 2.45) is 0 Å². The zero-order valence-corrected chi connectivity index (χ0v) is 12.0. The Kier molecular flexibility index (Phi) is 3.39. The summed E-state index contributed by atoms with van der Waals surface area (Å²) in [5.74, 6) is 0.275. The molecule has 2 N–H and O–H groups in total. The van der Waals surface area contributed by atoms with Gasteiger partial charge in [0.05, 0.1) is 10.6 Å². The van der Waals surface area contributed by atoms with Gasteiger partial charge in [0.25, 0.3) is 0 Å². The largest absolute Gasteiger partial charge is 0.380 e. The summed E-state index contributed by atoms with van der Waals surface area (Å²) in [6, 6.07) is 12.2. The van der Waals surface area contributed by atoms with Crippen molar-refractivity contribution >= 4 is 17.4 Å². The SMILES string of the molecule is Cc1ccc(-c2c(N)noc2-c2ccc(F)c(Cl)c2)cc1. The Morgan fingerprint density at radius 1 is 1.10 bits per heavy atom. The molecular formula is C16H12ClFN2O. The first-order chi connectivity index (χ1) is 10.1. The molecule has 0 amide bonds. The van der Waals surface area contributed by atoms with Gasteiger partial charge in [-0.1, -0.05) is 46.6 Å². The highest BCUT2D eigenvalue weighted by molar-refractivity contribution is 6.31. The Morgan fingerprint density at radius 3 is 2.43 bits per heavy atom. The molecule has 5 heteroatoms. The Hall–Kier alpha value is -2.33. The van der Waals surface area contributed by atoms with E-state index in [2.05, 4.69) is 5.16 Å². The molecule has 106 valence electrons. The van der Waals surface area contributed by atoms with Crippen LogP contribution < -0.4 is 5.73 Å². The van der Waals surface area contributed by atoms with Gasteiger partial charge in [-0.25, -0.2) is 4.39 Å². The molecule has 0 saturated heterocycles. The van der Waals surface area contributed by atoms with Crippen molar-refractivity contribution < 1.29 is 8.91 Å². The third kappa shape index (κ3) is 2.50. The molecule has 1 heterocycles. The van der Waals surface area contributed by atoms with Gasteiger partial charge in [-0.05, 0) is 30.7 Å². The molecule has 0 bridgehead atoms. The Labute approximate surface area is 126 Å². The van der Waals surface area contributed by atoms with Gasteiger partial charge in [0.1, 0.15) is 5.82 Å². The number of nitrogens with zero attached hydrogens (tertiary/aromatic N) is 1. The molecule has 0 spiro atoms. The molecule has 0 aliphatic rings. The highest BCUT2D eigenvalue weighted by atomic mass is 35.5. The van der Waals surface area contributed by atoms with Crippen molar-refractivity contribution in [1.29, 1.82) is 0 Å². The molecule has 0 fully saturated rings. The average Bonchev–Trinajstić information content (AvgIpc) is 2.85. The van der Waals surface area contributed by atoms with Gasteiger partial charge in [0, 0.05) is 5.56 Å². The minimum Gasteiger partial charge on any atom is -0.380 e. The van der Waals surface area contributed by atoms with Crippen molar-refractivity contribution in [3.05, 3.63) is 58.9 Å². The molecule has 21 heavy (non-hydrogen) atoms. The third-order valence-corrected chi connectivity index (χ3v) is 3.53. The fraction of sp³-hybridized carbons (Fsp3) is 0.0625. The molecule has 3 aromatic rings. The predicted molar refractivity (Wildman–Crippen MR) is 81.5 cm³/mol. The van der Waals surface area contributed by atoms with Crippen LogP contribution in [0.15, 0.2) is 47.0 Å². The number of aromatic nitrogens is 1. The smallest absolute Gasteiger partial charge is 0.176 e. The summed E-state index contributed by atoms with van der Waals surface area (Å²) in [4.78, 5) is 0. The minimum atomic E-state index is -0.482. The second kappa shape index (κ2) is 5.22. The maximum Gasteiger partial charge on any atom is 0.176 e. The van der Waals surface area contributed by atoms with E-state index >= 15 is 0 Å². The number of rotatable bonds is 2. The molecule has 1 aromatic heterocycles. The molecule has 0 radical (unpaired) electrons. The van der Waals surface area contributed by atoms with Crippen molar-refractivity contribution in [2.45, 2.75) is 6.92 Å². The maximum absolute atomic E-state index is 13.3. The first kappa shape index (κ1) is 13.6. The summed E-state index contributed by atoms with van der Waals surface area (Å²) < 4.78 is 18.6. The van der Waals surface area contributed by atoms with Gasteiger partial charge in [-0.3, -0.25) is 0 Å². The molecule has 0 atom stereocenters. The van der Waals surface area contributed by atoms with Crippen molar-refractivity contribution in [3.8, 4) is 22.5 Å². The van der Waals surface area contributed by atoms with Crippen LogP contribution in [0.25, 0.3) is 22.5 Å². The number of hydrogen-bond acceptors (Lipinski definition) is 3. The Morgan fingerprint density at radius 2 is 1.76 bits per heavy atom. The number of aryl methyl sites for hydroxylation is 1. The molecule has 3 nitrogen and oxygen atoms in total. The van der Waals surface area contributed by atoms with Crippen LogP contribution in [0.2, 0.25) is 5.02 Å². The first-order valence-corrected chi connectivity index (χ1v) is 6.71. The summed E-state index contributed by atoms with van der Waals surface area (Å²) in [6.07, 6.45) is 0. The van der Waals surface area contributed by atoms with E-state index in [-0.39, 0.29) is 10.8 Å². The fourth-order valence-electron chi connectivity index (χ4n) is 2.14. The van der Waals surface area contributed by atoms with Crippen LogP contribution in [0.4, 0.5) is 10.2 Å². The average molecular weight is 303 g/mol. The van der Waals surface area contributed by atoms with Gasteiger partial charge in [-0.2, -0.15) is 0 Å². The van der Waals surface area contributed by atoms with Gasteiger partial charge >= 0.3 is 0 Å². The van der Waals surface area contributed by atoms with Gasteiger partial charge in [0.15, 0.2) is 11.6 Å². The summed E-state index contributed by atoms with van der Waals surface area (Å²) in [5.41, 5.74) is 9.23. The van der Waals surface area contributed by atoms with E-state index in [1.807, 2.05) is 31.2 Å². The van der Waals surface area contributed by atoms with Crippen LogP contribution in [0.1, 0.15) is 5.56 Å². The van der Waals surface area contributed by atoms with Crippen LogP contribution in [-0.4, -0.2) is 5.16 Å². The van der Waals surface area contributed by atoms with Crippen molar-refractivity contribution in [3.63, 3.8) is 0 Å². The predicted octanol–water partition coefficient (Wildman–Crippen LogP) is 4.69. The Balaban J connectivity index is 2.16. The molecule has 0 aliphatic heterocycles. The van der Waals surface area contributed by atoms with Gasteiger partial charge < -0.3 is 10.3 Å². The van der Waals surface area contributed by atoms with E-state index in [1.54, 1.807) is 6.07 Å². The second-order valence-corrected chi connectivity index (χ2v) is 5.17. The number of hydrogen-bond donors (Lipinski definition) is 1. The summed E-state index contributed by atoms with van der Waals surface area (Å²) in [5, 5.41) is 3.84. The number of nitrogens with two attached hydrogens (primary N) is 1. The zero-order valence-electron chi connectivity index (χ0n) is 11.2. The fourth-order valence-corrected chi connectivity index (χ4v) is 2.32. The lowest BCUT2D eigenvalue weighted by atomic mass is 10.0. The molecule has 0 aliphatic carbocycles. The number of benzene rings is 2. The molecular weight excluding hydrogens is 291 g/mol. The molecule has 3 rings (SSSR count). The van der Waals surface area contributed by atoms with E-state index in [0.29, 0.717) is 16.9 Å². The van der Waals surface area contributed by atoms with Crippen LogP contribution >= 0.6 is 11.6 Å². The topological polar surface area (TPSA) is 52.0 Å². The van der Waals surface area contributed by atoms with Crippen LogP contribution in [-0.2, 0) is 0 Å². The quantitative estimate of drug-likeness (QED) is 0.747. The maximum atomic E-state index is 13.3. The van der Waals surface area contributed by atoms with E-state index in [0.717, 1.165) is 11.1 Å². The van der Waals surface area contributed by atoms with Crippen LogP contribution in [0.5, 0.6) is 0 Å². The van der Waals surface area contributed by atoms with Gasteiger partial charge in [-0.15, -0.1) is 0 Å². The number of nitrogen functional groups attached to an aromatic ring is 1. The number of anilines is 1. The first-order valence-electron chi connectivity index (χ1n) is 6.34. The lowest BCUT2D eigenvalue weighted by molar-refractivity contribution is 0.436. The summed E-state index contributed by atoms with van der Waals surface area (Å²) in [6.45, 7) is 2.00. The monoisotopic (exact) mass is 302 g/mol. The Bertz CT molecular complexity index is 797. The standard InChI is InChI=1S/C16H12ClFN2O/c1-9-2-4-10(5-3-9)14-15(21-20-16(14)19)11-6-7-13(18)12(17)8-11/h2-8H,1H3,(H2,19,20). The van der Waals surface area contributed by atoms with Gasteiger partial charge in [0.2, 0.25) is 0 Å². The van der Waals surface area contributed by atoms with E-state index in [9.17, 15) is 4.39 Å². The summed E-state index contributed by atoms with van der Waals surface area (Å²) >= 11 is 5.82. The summed E-state index contributed by atoms with van der Waals surface area (Å²) in [7, 11) is 0. The third-order valence-electron chi connectivity index (χ3n) is 3.24. The van der Waals surface area contributed by atoms with E-state index < -0.39 is 5.82 Å². The minimum absolute atomic E-state index is 0.0253. The van der Waals surface area contributed by atoms with E-state index in [1.165, 1.54) is 12.1 Å². The van der Waals surface area contributed by atoms with E-state index in [4.69, 9.17) is 21.9 Å². The van der Waals surface area contributed by atoms with Crippen molar-refractivity contribution in [1.82, 2.24) is 5.16 Å². The van der Waals surface area contributed by atoms with Crippen LogP contribution in [0, 0.1) is 12.7 Å². The molecule has 0 unspecified atom stereocenters. The van der Waals surface area contributed by atoms with Crippen LogP contribution in [0.3, 0.4) is 0 Å². The zero-order chi connectivity index (χ0) is 15.0. The highest BCUT2D eigenvalue weighted by Gasteiger charge is 2.18. The highest BCUT2D eigenvalue weighted by Crippen LogP contribution is 2.37. The molecule has 2 aromatic carbocycles. The number of halogens is 2. The van der Waals surface area contributed by atoms with Crippen molar-refractivity contribution in [2.75, 3.05) is 5.73 Å². The lowest BCUT2D eigenvalue weighted by Gasteiger charge is -2.04. The second-order valence-electron chi connectivity index (χ2n) is 4.77. The molecule has 0 saturated carbocycles.